The number of halogens is 1. The highest BCUT2D eigenvalue weighted by molar-refractivity contribution is 9.10. The second-order valence-corrected chi connectivity index (χ2v) is 10.2. The van der Waals surface area contributed by atoms with Crippen molar-refractivity contribution in [1.29, 1.82) is 0 Å². The SMILES string of the molecule is [O-][P+]1(/N=C/c2ccc(Br)cc2)Oc2ccc3ccccc3c2-c2c(ccc3ccccc23)O1. The minimum atomic E-state index is -3.90. The fourth-order valence-corrected chi connectivity index (χ4v) is 5.64. The lowest BCUT2D eigenvalue weighted by atomic mass is 9.92. The summed E-state index contributed by atoms with van der Waals surface area (Å²) in [7, 11) is -3.90. The van der Waals surface area contributed by atoms with E-state index in [1.807, 2.05) is 84.9 Å². The third-order valence-corrected chi connectivity index (χ3v) is 7.46. The molecule has 0 saturated carbocycles. The van der Waals surface area contributed by atoms with E-state index in [9.17, 15) is 4.89 Å². The van der Waals surface area contributed by atoms with Crippen molar-refractivity contribution in [2.75, 3.05) is 0 Å². The molecule has 0 bridgehead atoms. The van der Waals surface area contributed by atoms with E-state index in [0.717, 1.165) is 42.7 Å². The third-order valence-electron chi connectivity index (χ3n) is 5.68. The van der Waals surface area contributed by atoms with Gasteiger partial charge in [0.2, 0.25) is 0 Å². The van der Waals surface area contributed by atoms with E-state index in [2.05, 4.69) is 32.8 Å². The van der Waals surface area contributed by atoms with Crippen molar-refractivity contribution in [2.24, 2.45) is 4.76 Å². The van der Waals surface area contributed by atoms with Crippen molar-refractivity contribution < 1.29 is 13.9 Å². The molecule has 0 saturated heterocycles. The molecule has 160 valence electrons. The standard InChI is InChI=1S/C27H17BrNO3P/c28-21-13-9-18(10-14-21)17-29-33(30)31-24-15-11-19-5-1-3-7-22(19)26(24)27-23-8-4-2-6-20(23)12-16-25(27)32-33/h1-17H/b29-17+. The highest BCUT2D eigenvalue weighted by Crippen LogP contribution is 2.61. The van der Waals surface area contributed by atoms with Crippen LogP contribution in [0.5, 0.6) is 11.5 Å². The molecule has 6 rings (SSSR count). The normalized spacial score (nSPS) is 14.4. The summed E-state index contributed by atoms with van der Waals surface area (Å²) in [5.41, 5.74) is 2.51. The Hall–Kier alpha value is -3.24. The fraction of sp³-hybridized carbons (Fsp3) is 0. The zero-order valence-corrected chi connectivity index (χ0v) is 19.8. The number of hydrogen-bond acceptors (Lipinski definition) is 4. The van der Waals surface area contributed by atoms with Gasteiger partial charge >= 0.3 is 8.09 Å². The maximum absolute atomic E-state index is 13.8. The lowest BCUT2D eigenvalue weighted by molar-refractivity contribution is -0.202. The Morgan fingerprint density at radius 1 is 0.667 bits per heavy atom. The zero-order valence-electron chi connectivity index (χ0n) is 17.3. The first-order valence-electron chi connectivity index (χ1n) is 10.4. The van der Waals surface area contributed by atoms with Gasteiger partial charge in [-0.15, -0.1) is 0 Å². The molecule has 0 amide bonds. The van der Waals surface area contributed by atoms with Crippen LogP contribution in [0.25, 0.3) is 32.7 Å². The Morgan fingerprint density at radius 2 is 1.18 bits per heavy atom. The largest absolute Gasteiger partial charge is 0.595 e. The molecule has 33 heavy (non-hydrogen) atoms. The highest BCUT2D eigenvalue weighted by atomic mass is 79.9. The van der Waals surface area contributed by atoms with Crippen molar-refractivity contribution in [3.05, 3.63) is 107 Å². The molecule has 1 heterocycles. The molecule has 0 atom stereocenters. The quantitative estimate of drug-likeness (QED) is 0.183. The lowest BCUT2D eigenvalue weighted by Crippen LogP contribution is -2.18. The van der Waals surface area contributed by atoms with Crippen molar-refractivity contribution in [3.63, 3.8) is 0 Å². The summed E-state index contributed by atoms with van der Waals surface area (Å²) in [4.78, 5) is 13.8. The van der Waals surface area contributed by atoms with Crippen LogP contribution in [0.3, 0.4) is 0 Å². The summed E-state index contributed by atoms with van der Waals surface area (Å²) >= 11 is 3.42. The summed E-state index contributed by atoms with van der Waals surface area (Å²) in [6.45, 7) is 0. The second kappa shape index (κ2) is 7.96. The van der Waals surface area contributed by atoms with Gasteiger partial charge in [0.15, 0.2) is 11.5 Å². The van der Waals surface area contributed by atoms with Crippen LogP contribution < -0.4 is 13.9 Å². The maximum atomic E-state index is 13.8. The average Bonchev–Trinajstić information content (AvgIpc) is 2.97. The van der Waals surface area contributed by atoms with E-state index in [0.29, 0.717) is 11.5 Å². The summed E-state index contributed by atoms with van der Waals surface area (Å²) in [5.74, 6) is 0.972. The number of rotatable bonds is 2. The Balaban J connectivity index is 1.59. The summed E-state index contributed by atoms with van der Waals surface area (Å²) < 4.78 is 17.4. The van der Waals surface area contributed by atoms with Crippen molar-refractivity contribution in [3.8, 4) is 22.6 Å². The number of fused-ring (bicyclic) bond motifs is 7. The van der Waals surface area contributed by atoms with Crippen LogP contribution in [-0.4, -0.2) is 6.21 Å². The Labute approximate surface area is 199 Å². The first-order valence-corrected chi connectivity index (χ1v) is 12.7. The van der Waals surface area contributed by atoms with E-state index < -0.39 is 8.09 Å². The molecule has 5 aromatic carbocycles. The van der Waals surface area contributed by atoms with Crippen LogP contribution in [-0.2, 0) is 0 Å². The van der Waals surface area contributed by atoms with Gasteiger partial charge in [-0.05, 0) is 51.4 Å². The molecule has 6 heteroatoms. The van der Waals surface area contributed by atoms with Crippen LogP contribution in [0.15, 0.2) is 106 Å². The topological polar surface area (TPSA) is 53.9 Å². The summed E-state index contributed by atoms with van der Waals surface area (Å²) in [5, 5.41) is 4.13. The van der Waals surface area contributed by atoms with E-state index in [1.54, 1.807) is 0 Å². The smallest absolute Gasteiger partial charge is 0.455 e. The van der Waals surface area contributed by atoms with Gasteiger partial charge in [0.25, 0.3) is 0 Å². The van der Waals surface area contributed by atoms with Crippen molar-refractivity contribution in [2.45, 2.75) is 0 Å². The lowest BCUT2D eigenvalue weighted by Gasteiger charge is -2.20. The predicted octanol–water partition coefficient (Wildman–Crippen LogP) is 7.35. The number of benzene rings is 5. The van der Waals surface area contributed by atoms with Gasteiger partial charge in [-0.1, -0.05) is 93.5 Å². The maximum Gasteiger partial charge on any atom is 0.455 e. The molecule has 5 aromatic rings. The van der Waals surface area contributed by atoms with E-state index in [-0.39, 0.29) is 0 Å². The van der Waals surface area contributed by atoms with Gasteiger partial charge in [0.05, 0.1) is 6.21 Å². The first-order chi connectivity index (χ1) is 16.1. The molecular weight excluding hydrogens is 497 g/mol. The summed E-state index contributed by atoms with van der Waals surface area (Å²) in [6.07, 6.45) is 1.53. The van der Waals surface area contributed by atoms with Gasteiger partial charge in [-0.2, -0.15) is 0 Å². The first kappa shape index (κ1) is 20.4. The van der Waals surface area contributed by atoms with E-state index >= 15 is 0 Å². The number of hydrogen-bond donors (Lipinski definition) is 0. The molecule has 0 aromatic heterocycles. The van der Waals surface area contributed by atoms with E-state index in [1.165, 1.54) is 6.21 Å². The van der Waals surface area contributed by atoms with Crippen LogP contribution in [0.2, 0.25) is 0 Å². The minimum Gasteiger partial charge on any atom is -0.595 e. The molecule has 0 unspecified atom stereocenters. The van der Waals surface area contributed by atoms with Crippen LogP contribution in [0.4, 0.5) is 0 Å². The monoisotopic (exact) mass is 513 g/mol. The van der Waals surface area contributed by atoms with Gasteiger partial charge in [-0.25, -0.2) is 0 Å². The molecule has 0 fully saturated rings. The Morgan fingerprint density at radius 3 is 1.73 bits per heavy atom. The van der Waals surface area contributed by atoms with Gasteiger partial charge < -0.3 is 4.89 Å². The number of nitrogens with zero attached hydrogens (tertiary/aromatic N) is 1. The summed E-state index contributed by atoms with van der Waals surface area (Å²) in [6, 6.07) is 31.4. The molecule has 0 N–H and O–H groups in total. The van der Waals surface area contributed by atoms with Crippen LogP contribution >= 0.6 is 24.0 Å². The molecule has 0 spiro atoms. The average molecular weight is 514 g/mol. The van der Waals surface area contributed by atoms with Crippen LogP contribution in [0.1, 0.15) is 5.56 Å². The Kier molecular flexibility index (Phi) is 4.92. The third kappa shape index (κ3) is 3.68. The molecule has 0 radical (unpaired) electrons. The highest BCUT2D eigenvalue weighted by Gasteiger charge is 2.39. The molecule has 1 aliphatic heterocycles. The van der Waals surface area contributed by atoms with Gasteiger partial charge in [0.1, 0.15) is 0 Å². The molecule has 0 aliphatic carbocycles. The fourth-order valence-electron chi connectivity index (χ4n) is 4.17. The molecule has 4 nitrogen and oxygen atoms in total. The zero-order chi connectivity index (χ0) is 22.4. The minimum absolute atomic E-state index is 0.486. The molecule has 1 aliphatic rings. The van der Waals surface area contributed by atoms with Gasteiger partial charge in [-0.3, -0.25) is 9.05 Å². The van der Waals surface area contributed by atoms with Crippen molar-refractivity contribution in [1.82, 2.24) is 0 Å². The molecular formula is C27H17BrNO3P. The van der Waals surface area contributed by atoms with E-state index in [4.69, 9.17) is 9.05 Å². The predicted molar refractivity (Wildman–Crippen MR) is 137 cm³/mol. The second-order valence-electron chi connectivity index (χ2n) is 7.77. The van der Waals surface area contributed by atoms with Crippen LogP contribution in [0, 0.1) is 0 Å². The Bertz CT molecular complexity index is 1460. The van der Waals surface area contributed by atoms with Crippen molar-refractivity contribution >= 4 is 51.8 Å². The van der Waals surface area contributed by atoms with Gasteiger partial charge in [0, 0.05) is 15.6 Å².